The van der Waals surface area contributed by atoms with Gasteiger partial charge in [-0.3, -0.25) is 4.79 Å². The zero-order chi connectivity index (χ0) is 44.3. The van der Waals surface area contributed by atoms with Crippen molar-refractivity contribution in [2.75, 3.05) is 26.8 Å². The van der Waals surface area contributed by atoms with Crippen LogP contribution in [-0.2, 0) is 22.1 Å². The average Bonchev–Trinajstić information content (AvgIpc) is 3.78. The number of benzene rings is 2. The maximum absolute atomic E-state index is 14.7. The lowest BCUT2D eigenvalue weighted by Gasteiger charge is -2.46. The van der Waals surface area contributed by atoms with E-state index >= 15 is 0 Å². The van der Waals surface area contributed by atoms with E-state index in [4.69, 9.17) is 25.5 Å². The summed E-state index contributed by atoms with van der Waals surface area (Å²) in [5.41, 5.74) is -0.217. The highest BCUT2D eigenvalue weighted by Crippen LogP contribution is 2.59. The first-order chi connectivity index (χ1) is 28.8. The molecule has 61 heavy (non-hydrogen) atoms. The molecule has 4 aliphatic rings. The second-order valence-corrected chi connectivity index (χ2v) is 19.1. The van der Waals surface area contributed by atoms with E-state index in [9.17, 15) is 33.0 Å². The van der Waals surface area contributed by atoms with Crippen LogP contribution in [0.3, 0.4) is 0 Å². The van der Waals surface area contributed by atoms with Crippen molar-refractivity contribution >= 4 is 23.5 Å². The fourth-order valence-electron chi connectivity index (χ4n) is 10.2. The quantitative estimate of drug-likeness (QED) is 0.112. The summed E-state index contributed by atoms with van der Waals surface area (Å²) in [6.07, 6.45) is 3.22. The molecule has 12 heteroatoms. The fourth-order valence-corrected chi connectivity index (χ4v) is 10.4. The van der Waals surface area contributed by atoms with Gasteiger partial charge >= 0.3 is 12.3 Å². The van der Waals surface area contributed by atoms with Gasteiger partial charge in [0.15, 0.2) is 5.76 Å². The molecule has 2 aromatic carbocycles. The minimum atomic E-state index is -4.61. The van der Waals surface area contributed by atoms with Gasteiger partial charge in [0.05, 0.1) is 28.8 Å². The van der Waals surface area contributed by atoms with Crippen molar-refractivity contribution < 1.29 is 46.9 Å². The molecule has 0 radical (unpaired) electrons. The number of aliphatic hydroxyl groups excluding tert-OH is 1. The van der Waals surface area contributed by atoms with E-state index < -0.39 is 40.7 Å². The van der Waals surface area contributed by atoms with Gasteiger partial charge in [-0.25, -0.2) is 4.79 Å². The Morgan fingerprint density at radius 1 is 1.05 bits per heavy atom. The number of rotatable bonds is 11. The highest BCUT2D eigenvalue weighted by molar-refractivity contribution is 6.33. The SMILES string of the molecule is COCCCN(CC1(O)CCC2c3ccc(cc3C(=O)c3ccc(-c4cc(C(F)(F)F)ccc4Cl)o3)CC(O)CCC(C)=CCCC21C)C(=O)OC1CC(C)CCC1C(C)C. The summed E-state index contributed by atoms with van der Waals surface area (Å²) in [6.45, 7) is 11.5. The van der Waals surface area contributed by atoms with Crippen LogP contribution >= 0.6 is 11.6 Å². The number of furan rings is 1. The minimum Gasteiger partial charge on any atom is -0.453 e. The van der Waals surface area contributed by atoms with Gasteiger partial charge < -0.3 is 29.0 Å². The van der Waals surface area contributed by atoms with E-state index in [0.717, 1.165) is 48.6 Å². The van der Waals surface area contributed by atoms with Crippen LogP contribution in [-0.4, -0.2) is 71.6 Å². The van der Waals surface area contributed by atoms with Gasteiger partial charge in [-0.15, -0.1) is 0 Å². The molecule has 7 rings (SSSR count). The van der Waals surface area contributed by atoms with E-state index in [1.807, 2.05) is 12.1 Å². The maximum Gasteiger partial charge on any atom is 0.416 e. The monoisotopic (exact) mass is 869 g/mol. The zero-order valence-electron chi connectivity index (χ0n) is 36.5. The maximum atomic E-state index is 14.7. The number of hydrogen-bond acceptors (Lipinski definition) is 7. The third-order valence-corrected chi connectivity index (χ3v) is 14.3. The Bertz CT molecular complexity index is 2050. The van der Waals surface area contributed by atoms with Crippen molar-refractivity contribution in [2.24, 2.45) is 23.2 Å². The first kappa shape index (κ1) is 46.9. The van der Waals surface area contributed by atoms with Gasteiger partial charge in [0.1, 0.15) is 11.9 Å². The lowest BCUT2D eigenvalue weighted by molar-refractivity contribution is -0.137. The van der Waals surface area contributed by atoms with Crippen molar-refractivity contribution in [2.45, 2.75) is 135 Å². The molecule has 2 fully saturated rings. The number of carbonyl (C=O) groups is 2. The molecular weight excluding hydrogens is 807 g/mol. The molecule has 7 atom stereocenters. The molecule has 334 valence electrons. The summed E-state index contributed by atoms with van der Waals surface area (Å²) in [6, 6.07) is 11.4. The molecule has 1 heterocycles. The summed E-state index contributed by atoms with van der Waals surface area (Å²) in [7, 11) is 1.62. The number of ketones is 1. The van der Waals surface area contributed by atoms with Crippen molar-refractivity contribution in [3.63, 3.8) is 0 Å². The number of allylic oxidation sites excluding steroid dienone is 2. The van der Waals surface area contributed by atoms with Crippen molar-refractivity contribution in [1.82, 2.24) is 4.90 Å². The third kappa shape index (κ3) is 10.6. The average molecular weight is 870 g/mol. The van der Waals surface area contributed by atoms with Crippen LogP contribution in [0, 0.1) is 23.2 Å². The van der Waals surface area contributed by atoms with E-state index in [-0.39, 0.29) is 46.6 Å². The second kappa shape index (κ2) is 19.4. The molecule has 0 spiro atoms. The largest absolute Gasteiger partial charge is 0.453 e. The van der Waals surface area contributed by atoms with Crippen LogP contribution in [0.15, 0.2) is 64.6 Å². The van der Waals surface area contributed by atoms with Gasteiger partial charge in [-0.1, -0.05) is 69.5 Å². The van der Waals surface area contributed by atoms with Crippen molar-refractivity contribution in [3.05, 3.63) is 93.2 Å². The van der Waals surface area contributed by atoms with Crippen LogP contribution < -0.4 is 0 Å². The number of carbonyl (C=O) groups excluding carboxylic acids is 2. The van der Waals surface area contributed by atoms with Crippen LogP contribution in [0.2, 0.25) is 5.02 Å². The highest BCUT2D eigenvalue weighted by Gasteiger charge is 2.58. The Kier molecular flexibility index (Phi) is 14.9. The van der Waals surface area contributed by atoms with Gasteiger partial charge in [-0.05, 0) is 142 Å². The number of aliphatic hydroxyl groups is 2. The molecule has 1 aromatic heterocycles. The summed E-state index contributed by atoms with van der Waals surface area (Å²) < 4.78 is 58.8. The predicted octanol–water partition coefficient (Wildman–Crippen LogP) is 11.8. The molecule has 3 aromatic rings. The Hall–Kier alpha value is -3.64. The lowest BCUT2D eigenvalue weighted by Crippen LogP contribution is -2.54. The third-order valence-electron chi connectivity index (χ3n) is 14.0. The number of halogens is 4. The van der Waals surface area contributed by atoms with E-state index in [2.05, 4.69) is 40.7 Å². The molecule has 0 aliphatic heterocycles. The molecule has 7 unspecified atom stereocenters. The van der Waals surface area contributed by atoms with Gasteiger partial charge in [0, 0.05) is 36.8 Å². The normalized spacial score (nSPS) is 27.4. The molecule has 2 saturated carbocycles. The number of hydrogen-bond donors (Lipinski definition) is 2. The van der Waals surface area contributed by atoms with Crippen molar-refractivity contribution in [1.29, 1.82) is 0 Å². The Labute approximate surface area is 363 Å². The number of fused-ring (bicyclic) bond motifs is 8. The van der Waals surface area contributed by atoms with Crippen LogP contribution in [0.4, 0.5) is 18.0 Å². The topological polar surface area (TPSA) is 109 Å². The smallest absolute Gasteiger partial charge is 0.416 e. The fraction of sp³-hybridized carbons (Fsp3) is 0.592. The summed E-state index contributed by atoms with van der Waals surface area (Å²) in [5.74, 6) is 0.144. The number of amides is 1. The standard InChI is InChI=1S/C49H63ClF3NO7/c1-30(2)36-15-11-32(4)25-44(36)61-46(57)54(23-8-24-59-6)29-48(58)22-20-40-37-16-12-33(26-35(55)14-10-31(3)9-7-21-47(40,48)5)27-38(37)45(56)43-19-18-42(60-43)39-28-34(49(51,52)53)13-17-41(39)50/h9,12-13,16-19,27-28,30,32,35-36,40,44,55,58H,7-8,10-11,14-15,20-26,29H2,1-6H3. The van der Waals surface area contributed by atoms with Gasteiger partial charge in [-0.2, -0.15) is 13.2 Å². The van der Waals surface area contributed by atoms with Gasteiger partial charge in [0.2, 0.25) is 5.78 Å². The first-order valence-electron chi connectivity index (χ1n) is 22.0. The van der Waals surface area contributed by atoms with Crippen molar-refractivity contribution in [3.8, 4) is 11.3 Å². The van der Waals surface area contributed by atoms with Gasteiger partial charge in [0.25, 0.3) is 0 Å². The lowest BCUT2D eigenvalue weighted by atomic mass is 9.64. The number of methoxy groups -OCH3 is 1. The molecule has 1 amide bonds. The summed E-state index contributed by atoms with van der Waals surface area (Å²) in [5, 5.41) is 24.2. The molecular formula is C49H63ClF3NO7. The zero-order valence-corrected chi connectivity index (χ0v) is 37.2. The molecule has 2 bridgehead atoms. The molecule has 4 aliphatic carbocycles. The Morgan fingerprint density at radius 3 is 2.54 bits per heavy atom. The number of alkyl halides is 3. The molecule has 2 N–H and O–H groups in total. The number of ether oxygens (including phenoxy) is 2. The highest BCUT2D eigenvalue weighted by atomic mass is 35.5. The second-order valence-electron chi connectivity index (χ2n) is 18.6. The Morgan fingerprint density at radius 2 is 1.82 bits per heavy atom. The first-order valence-corrected chi connectivity index (χ1v) is 22.4. The summed E-state index contributed by atoms with van der Waals surface area (Å²) in [4.78, 5) is 30.7. The van der Waals surface area contributed by atoms with Crippen LogP contribution in [0.25, 0.3) is 11.3 Å². The number of nitrogens with zero attached hydrogens (tertiary/aromatic N) is 1. The molecule has 0 saturated heterocycles. The minimum absolute atomic E-state index is 0.00480. The predicted molar refractivity (Wildman–Crippen MR) is 231 cm³/mol. The van der Waals surface area contributed by atoms with E-state index in [0.29, 0.717) is 87.5 Å². The van der Waals surface area contributed by atoms with Crippen LogP contribution in [0.5, 0.6) is 0 Å². The van der Waals surface area contributed by atoms with Crippen LogP contribution in [0.1, 0.15) is 138 Å². The molecule has 8 nitrogen and oxygen atoms in total. The van der Waals surface area contributed by atoms with E-state index in [1.165, 1.54) is 12.1 Å². The Balaban J connectivity index is 1.38. The van der Waals surface area contributed by atoms with E-state index in [1.54, 1.807) is 18.1 Å². The summed E-state index contributed by atoms with van der Waals surface area (Å²) >= 11 is 6.36.